The van der Waals surface area contributed by atoms with E-state index < -0.39 is 0 Å². The van der Waals surface area contributed by atoms with Crippen molar-refractivity contribution in [2.45, 2.75) is 32.7 Å². The molecule has 120 valence electrons. The van der Waals surface area contributed by atoms with Crippen LogP contribution in [0.2, 0.25) is 0 Å². The first-order valence-corrected chi connectivity index (χ1v) is 8.23. The average molecular weight is 310 g/mol. The van der Waals surface area contributed by atoms with Crippen molar-refractivity contribution in [3.63, 3.8) is 0 Å². The lowest BCUT2D eigenvalue weighted by atomic mass is 10.1. The first-order chi connectivity index (χ1) is 11.3. The summed E-state index contributed by atoms with van der Waals surface area (Å²) in [6, 6.07) is 10.7. The number of hydrogen-bond donors (Lipinski definition) is 1. The van der Waals surface area contributed by atoms with E-state index in [1.165, 1.54) is 22.2 Å². The molecule has 4 rings (SSSR count). The third-order valence-corrected chi connectivity index (χ3v) is 4.51. The summed E-state index contributed by atoms with van der Waals surface area (Å²) in [4.78, 5) is 5.75. The Hall–Kier alpha value is -2.11. The number of nitrogens with zero attached hydrogens (tertiary/aromatic N) is 3. The summed E-state index contributed by atoms with van der Waals surface area (Å²) in [5.74, 6) is 0. The van der Waals surface area contributed by atoms with Crippen LogP contribution in [0.15, 0.2) is 42.7 Å². The Kier molecular flexibility index (Phi) is 3.89. The van der Waals surface area contributed by atoms with Gasteiger partial charge in [0.15, 0.2) is 0 Å². The molecule has 3 aromatic rings. The van der Waals surface area contributed by atoms with Gasteiger partial charge in [-0.3, -0.25) is 9.58 Å². The maximum Gasteiger partial charge on any atom is 0.0897 e. The van der Waals surface area contributed by atoms with Crippen LogP contribution in [-0.4, -0.2) is 38.9 Å². The number of nitrogens with one attached hydrogen (secondary N) is 1. The van der Waals surface area contributed by atoms with Gasteiger partial charge in [-0.25, -0.2) is 0 Å². The van der Waals surface area contributed by atoms with Crippen LogP contribution >= 0.6 is 0 Å². The van der Waals surface area contributed by atoms with Crippen molar-refractivity contribution in [1.29, 1.82) is 0 Å². The number of H-pyrrole nitrogens is 1. The Bertz CT molecular complexity index is 791. The summed E-state index contributed by atoms with van der Waals surface area (Å²) in [6.07, 6.45) is 4.08. The standard InChI is InChI=1S/C18H22N4O/c1-2-23-16-12-21(11-15-6-9-20-22(15)13-16)10-14-4-3-5-18-17(14)7-8-19-18/h3-9,16,19H,2,10-13H2,1H3. The summed E-state index contributed by atoms with van der Waals surface area (Å²) >= 11 is 0. The zero-order valence-corrected chi connectivity index (χ0v) is 13.4. The van der Waals surface area contributed by atoms with Crippen LogP contribution < -0.4 is 0 Å². The number of hydrogen-bond acceptors (Lipinski definition) is 3. The van der Waals surface area contributed by atoms with Gasteiger partial charge in [0.25, 0.3) is 0 Å². The highest BCUT2D eigenvalue weighted by atomic mass is 16.5. The monoisotopic (exact) mass is 310 g/mol. The second-order valence-corrected chi connectivity index (χ2v) is 6.11. The molecule has 0 bridgehead atoms. The summed E-state index contributed by atoms with van der Waals surface area (Å²) < 4.78 is 8.00. The fraction of sp³-hybridized carbons (Fsp3) is 0.389. The third kappa shape index (κ3) is 2.90. The van der Waals surface area contributed by atoms with Crippen LogP contribution in [0.3, 0.4) is 0 Å². The lowest BCUT2D eigenvalue weighted by Crippen LogP contribution is -2.32. The highest BCUT2D eigenvalue weighted by Gasteiger charge is 2.23. The number of ether oxygens (including phenoxy) is 1. The smallest absolute Gasteiger partial charge is 0.0897 e. The van der Waals surface area contributed by atoms with Gasteiger partial charge in [0.05, 0.1) is 18.3 Å². The maximum atomic E-state index is 5.92. The predicted octanol–water partition coefficient (Wildman–Crippen LogP) is 2.79. The van der Waals surface area contributed by atoms with Gasteiger partial charge in [0.2, 0.25) is 0 Å². The van der Waals surface area contributed by atoms with E-state index in [0.29, 0.717) is 0 Å². The van der Waals surface area contributed by atoms with Gasteiger partial charge in [-0.05, 0) is 30.7 Å². The quantitative estimate of drug-likeness (QED) is 0.806. The number of benzene rings is 1. The molecule has 1 aliphatic heterocycles. The van der Waals surface area contributed by atoms with E-state index in [1.54, 1.807) is 0 Å². The molecule has 1 atom stereocenters. The van der Waals surface area contributed by atoms with Gasteiger partial charge < -0.3 is 9.72 Å². The number of rotatable bonds is 4. The fourth-order valence-electron chi connectivity index (χ4n) is 3.48. The number of aromatic amines is 1. The SMILES string of the molecule is CCOC1CN(Cc2cccc3[nH]ccc23)Cc2ccnn2C1. The Morgan fingerprint density at radius 2 is 2.22 bits per heavy atom. The Morgan fingerprint density at radius 3 is 3.13 bits per heavy atom. The summed E-state index contributed by atoms with van der Waals surface area (Å²) in [5.41, 5.74) is 3.81. The zero-order chi connectivity index (χ0) is 15.6. The van der Waals surface area contributed by atoms with Gasteiger partial charge in [-0.2, -0.15) is 5.10 Å². The molecule has 0 spiro atoms. The fourth-order valence-corrected chi connectivity index (χ4v) is 3.48. The molecule has 1 N–H and O–H groups in total. The Morgan fingerprint density at radius 1 is 1.26 bits per heavy atom. The highest BCUT2D eigenvalue weighted by molar-refractivity contribution is 5.82. The van der Waals surface area contributed by atoms with Crippen molar-refractivity contribution in [2.75, 3.05) is 13.2 Å². The van der Waals surface area contributed by atoms with Gasteiger partial charge in [0.1, 0.15) is 0 Å². The van der Waals surface area contributed by atoms with Gasteiger partial charge in [0, 0.05) is 49.5 Å². The summed E-state index contributed by atoms with van der Waals surface area (Å²) in [6.45, 7) is 6.38. The topological polar surface area (TPSA) is 46.1 Å². The minimum atomic E-state index is 0.187. The van der Waals surface area contributed by atoms with E-state index >= 15 is 0 Å². The van der Waals surface area contributed by atoms with E-state index in [4.69, 9.17) is 4.74 Å². The molecule has 0 fully saturated rings. The van der Waals surface area contributed by atoms with Crippen molar-refractivity contribution < 1.29 is 4.74 Å². The normalized spacial score (nSPS) is 18.9. The van der Waals surface area contributed by atoms with Crippen molar-refractivity contribution in [3.05, 3.63) is 54.0 Å². The Labute approximate surface area is 135 Å². The van der Waals surface area contributed by atoms with E-state index in [-0.39, 0.29) is 6.10 Å². The Balaban J connectivity index is 1.61. The third-order valence-electron chi connectivity index (χ3n) is 4.51. The molecular weight excluding hydrogens is 288 g/mol. The van der Waals surface area contributed by atoms with Crippen molar-refractivity contribution in [3.8, 4) is 0 Å². The largest absolute Gasteiger partial charge is 0.375 e. The number of fused-ring (bicyclic) bond motifs is 2. The summed E-state index contributed by atoms with van der Waals surface area (Å²) in [5, 5.41) is 5.74. The lowest BCUT2D eigenvalue weighted by Gasteiger charge is -2.24. The first kappa shape index (κ1) is 14.5. The molecule has 0 saturated heterocycles. The zero-order valence-electron chi connectivity index (χ0n) is 13.4. The molecule has 0 radical (unpaired) electrons. The first-order valence-electron chi connectivity index (χ1n) is 8.23. The van der Waals surface area contributed by atoms with Crippen molar-refractivity contribution in [1.82, 2.24) is 19.7 Å². The molecule has 1 aromatic carbocycles. The lowest BCUT2D eigenvalue weighted by molar-refractivity contribution is 0.0253. The molecular formula is C18H22N4O. The maximum absolute atomic E-state index is 5.92. The molecule has 0 amide bonds. The van der Waals surface area contributed by atoms with Gasteiger partial charge >= 0.3 is 0 Å². The van der Waals surface area contributed by atoms with Gasteiger partial charge in [-0.15, -0.1) is 0 Å². The van der Waals surface area contributed by atoms with E-state index in [9.17, 15) is 0 Å². The second-order valence-electron chi connectivity index (χ2n) is 6.11. The second kappa shape index (κ2) is 6.18. The molecule has 0 saturated carbocycles. The van der Waals surface area contributed by atoms with Crippen molar-refractivity contribution in [2.24, 2.45) is 0 Å². The van der Waals surface area contributed by atoms with Crippen LogP contribution in [-0.2, 0) is 24.4 Å². The molecule has 5 nitrogen and oxygen atoms in total. The van der Waals surface area contributed by atoms with Crippen LogP contribution in [0, 0.1) is 0 Å². The summed E-state index contributed by atoms with van der Waals surface area (Å²) in [7, 11) is 0. The molecule has 2 aromatic heterocycles. The molecule has 1 unspecified atom stereocenters. The van der Waals surface area contributed by atoms with Crippen LogP contribution in [0.25, 0.3) is 10.9 Å². The predicted molar refractivity (Wildman–Crippen MR) is 90.1 cm³/mol. The van der Waals surface area contributed by atoms with Crippen molar-refractivity contribution >= 4 is 10.9 Å². The van der Waals surface area contributed by atoms with E-state index in [0.717, 1.165) is 32.8 Å². The van der Waals surface area contributed by atoms with Gasteiger partial charge in [-0.1, -0.05) is 12.1 Å². The van der Waals surface area contributed by atoms with E-state index in [1.807, 2.05) is 12.4 Å². The molecule has 1 aliphatic rings. The minimum absolute atomic E-state index is 0.187. The van der Waals surface area contributed by atoms with E-state index in [2.05, 4.69) is 56.9 Å². The molecule has 3 heterocycles. The average Bonchev–Trinajstić information content (AvgIpc) is 3.15. The van der Waals surface area contributed by atoms with Crippen LogP contribution in [0.5, 0.6) is 0 Å². The highest BCUT2D eigenvalue weighted by Crippen LogP contribution is 2.22. The molecule has 5 heteroatoms. The minimum Gasteiger partial charge on any atom is -0.375 e. The molecule has 0 aliphatic carbocycles. The van der Waals surface area contributed by atoms with Crippen LogP contribution in [0.1, 0.15) is 18.2 Å². The number of aromatic nitrogens is 3. The van der Waals surface area contributed by atoms with Crippen LogP contribution in [0.4, 0.5) is 0 Å². The molecule has 23 heavy (non-hydrogen) atoms.